The molecule has 1 aliphatic heterocycles. The molecule has 0 bridgehead atoms. The Labute approximate surface area is 221 Å². The average molecular weight is 565 g/mol. The standard InChI is InChI=1S/C25H30F6N4O4/c1-16-5-6-17(18(13-16)19-7-8-35(32-19)15-20(36)39-23(2,3)4)14-33-9-11-34(12-10-33)22(37)38-21(24(26,27)28)25(29,30)31/h5-8,13,21H,9-12,14-15H2,1-4H3. The Morgan fingerprint density at radius 1 is 0.974 bits per heavy atom. The number of halogens is 6. The highest BCUT2D eigenvalue weighted by Crippen LogP contribution is 2.36. The van der Waals surface area contributed by atoms with Crippen molar-refractivity contribution in [3.8, 4) is 11.3 Å². The van der Waals surface area contributed by atoms with E-state index in [1.54, 1.807) is 33.0 Å². The topological polar surface area (TPSA) is 76.9 Å². The minimum absolute atomic E-state index is 0.0694. The summed E-state index contributed by atoms with van der Waals surface area (Å²) in [5.74, 6) is -0.435. The molecule has 0 radical (unpaired) electrons. The van der Waals surface area contributed by atoms with Crippen molar-refractivity contribution in [1.29, 1.82) is 0 Å². The van der Waals surface area contributed by atoms with E-state index in [0.29, 0.717) is 12.2 Å². The molecule has 0 aliphatic carbocycles. The quantitative estimate of drug-likeness (QED) is 0.365. The summed E-state index contributed by atoms with van der Waals surface area (Å²) in [4.78, 5) is 26.9. The maximum Gasteiger partial charge on any atom is 0.434 e. The van der Waals surface area contributed by atoms with Crippen molar-refractivity contribution < 1.29 is 45.4 Å². The Morgan fingerprint density at radius 2 is 1.59 bits per heavy atom. The molecule has 39 heavy (non-hydrogen) atoms. The predicted molar refractivity (Wildman–Crippen MR) is 127 cm³/mol. The van der Waals surface area contributed by atoms with E-state index in [1.165, 1.54) is 4.68 Å². The molecule has 0 N–H and O–H groups in total. The molecular weight excluding hydrogens is 534 g/mol. The number of nitrogens with zero attached hydrogens (tertiary/aromatic N) is 4. The van der Waals surface area contributed by atoms with Gasteiger partial charge in [0.15, 0.2) is 0 Å². The zero-order chi connectivity index (χ0) is 29.2. The van der Waals surface area contributed by atoms with Crippen LogP contribution in [0.2, 0.25) is 0 Å². The number of amides is 1. The SMILES string of the molecule is Cc1ccc(CN2CCN(C(=O)OC(C(F)(F)F)C(F)(F)F)CC2)c(-c2ccn(CC(=O)OC(C)(C)C)n2)c1. The minimum atomic E-state index is -5.77. The molecule has 2 heterocycles. The number of esters is 1. The monoisotopic (exact) mass is 564 g/mol. The summed E-state index contributed by atoms with van der Waals surface area (Å²) in [5.41, 5.74) is 2.62. The number of alkyl halides is 6. The second-order valence-electron chi connectivity index (χ2n) is 10.3. The van der Waals surface area contributed by atoms with Crippen LogP contribution in [0.3, 0.4) is 0 Å². The second-order valence-corrected chi connectivity index (χ2v) is 10.3. The first-order chi connectivity index (χ1) is 17.9. The van der Waals surface area contributed by atoms with Gasteiger partial charge in [-0.15, -0.1) is 0 Å². The molecule has 1 aromatic heterocycles. The third kappa shape index (κ3) is 8.60. The number of benzene rings is 1. The molecule has 216 valence electrons. The minimum Gasteiger partial charge on any atom is -0.459 e. The fourth-order valence-electron chi connectivity index (χ4n) is 3.99. The first kappa shape index (κ1) is 30.3. The molecule has 1 aromatic carbocycles. The Kier molecular flexibility index (Phi) is 8.88. The van der Waals surface area contributed by atoms with Crippen LogP contribution in [0.4, 0.5) is 31.1 Å². The number of carbonyl (C=O) groups is 2. The van der Waals surface area contributed by atoms with Crippen molar-refractivity contribution in [3.63, 3.8) is 0 Å². The van der Waals surface area contributed by atoms with Crippen molar-refractivity contribution in [2.75, 3.05) is 26.2 Å². The number of piperazine rings is 1. The summed E-state index contributed by atoms with van der Waals surface area (Å²) in [6.45, 7) is 7.74. The number of ether oxygens (including phenoxy) is 2. The van der Waals surface area contributed by atoms with Gasteiger partial charge in [0, 0.05) is 44.5 Å². The molecule has 1 saturated heterocycles. The van der Waals surface area contributed by atoms with Crippen LogP contribution in [0.25, 0.3) is 11.3 Å². The number of aromatic nitrogens is 2. The van der Waals surface area contributed by atoms with Gasteiger partial charge >= 0.3 is 24.4 Å². The van der Waals surface area contributed by atoms with Gasteiger partial charge in [-0.25, -0.2) is 4.79 Å². The molecule has 0 saturated carbocycles. The number of hydrogen-bond donors (Lipinski definition) is 0. The first-order valence-corrected chi connectivity index (χ1v) is 12.1. The smallest absolute Gasteiger partial charge is 0.434 e. The van der Waals surface area contributed by atoms with Gasteiger partial charge in [0.25, 0.3) is 6.10 Å². The zero-order valence-corrected chi connectivity index (χ0v) is 21.9. The lowest BCUT2D eigenvalue weighted by atomic mass is 10.0. The molecule has 0 atom stereocenters. The first-order valence-electron chi connectivity index (χ1n) is 12.1. The van der Waals surface area contributed by atoms with Crippen molar-refractivity contribution in [2.24, 2.45) is 0 Å². The number of rotatable bonds is 6. The van der Waals surface area contributed by atoms with Gasteiger partial charge in [-0.2, -0.15) is 31.4 Å². The van der Waals surface area contributed by atoms with Crippen LogP contribution < -0.4 is 0 Å². The third-order valence-corrected chi connectivity index (χ3v) is 5.73. The number of aryl methyl sites for hydroxylation is 1. The summed E-state index contributed by atoms with van der Waals surface area (Å²) in [7, 11) is 0. The highest BCUT2D eigenvalue weighted by atomic mass is 19.4. The van der Waals surface area contributed by atoms with Gasteiger partial charge in [-0.1, -0.05) is 17.7 Å². The van der Waals surface area contributed by atoms with Gasteiger partial charge < -0.3 is 14.4 Å². The lowest BCUT2D eigenvalue weighted by Crippen LogP contribution is -2.52. The summed E-state index contributed by atoms with van der Waals surface area (Å²) in [6.07, 6.45) is -15.7. The maximum absolute atomic E-state index is 12.7. The van der Waals surface area contributed by atoms with E-state index in [-0.39, 0.29) is 32.7 Å². The van der Waals surface area contributed by atoms with Crippen LogP contribution in [0.15, 0.2) is 30.5 Å². The summed E-state index contributed by atoms with van der Waals surface area (Å²) in [5, 5.41) is 4.49. The molecule has 8 nitrogen and oxygen atoms in total. The fourth-order valence-corrected chi connectivity index (χ4v) is 3.99. The number of carbonyl (C=O) groups excluding carboxylic acids is 2. The molecule has 1 aliphatic rings. The molecule has 0 unspecified atom stereocenters. The normalized spacial score (nSPS) is 15.5. The highest BCUT2D eigenvalue weighted by molar-refractivity contribution is 5.70. The van der Waals surface area contributed by atoms with E-state index >= 15 is 0 Å². The average Bonchev–Trinajstić information content (AvgIpc) is 3.24. The lowest BCUT2D eigenvalue weighted by Gasteiger charge is -2.35. The van der Waals surface area contributed by atoms with Crippen molar-refractivity contribution in [3.05, 3.63) is 41.6 Å². The third-order valence-electron chi connectivity index (χ3n) is 5.73. The van der Waals surface area contributed by atoms with Gasteiger partial charge in [0.05, 0.1) is 5.69 Å². The van der Waals surface area contributed by atoms with Crippen molar-refractivity contribution >= 4 is 12.1 Å². The fraction of sp³-hybridized carbons (Fsp3) is 0.560. The van der Waals surface area contributed by atoms with E-state index in [0.717, 1.165) is 21.6 Å². The maximum atomic E-state index is 12.7. The van der Waals surface area contributed by atoms with E-state index < -0.39 is 36.1 Å². The zero-order valence-electron chi connectivity index (χ0n) is 21.9. The Morgan fingerprint density at radius 3 is 2.15 bits per heavy atom. The molecular formula is C25H30F6N4O4. The van der Waals surface area contributed by atoms with Crippen LogP contribution in [-0.4, -0.2) is 81.9 Å². The molecule has 3 rings (SSSR count). The van der Waals surface area contributed by atoms with Crippen molar-refractivity contribution in [1.82, 2.24) is 19.6 Å². The van der Waals surface area contributed by atoms with Gasteiger partial charge in [0.1, 0.15) is 12.1 Å². The lowest BCUT2D eigenvalue weighted by molar-refractivity contribution is -0.308. The molecule has 2 aromatic rings. The predicted octanol–water partition coefficient (Wildman–Crippen LogP) is 4.95. The van der Waals surface area contributed by atoms with Crippen LogP contribution in [0, 0.1) is 6.92 Å². The van der Waals surface area contributed by atoms with E-state index in [4.69, 9.17) is 4.74 Å². The Hall–Kier alpha value is -3.29. The summed E-state index contributed by atoms with van der Waals surface area (Å²) < 4.78 is 87.0. The van der Waals surface area contributed by atoms with Gasteiger partial charge in [-0.05, 0) is 45.4 Å². The Balaban J connectivity index is 1.64. The molecule has 1 fully saturated rings. The summed E-state index contributed by atoms with van der Waals surface area (Å²) >= 11 is 0. The Bertz CT molecular complexity index is 1150. The van der Waals surface area contributed by atoms with Crippen LogP contribution >= 0.6 is 0 Å². The number of hydrogen-bond acceptors (Lipinski definition) is 6. The summed E-state index contributed by atoms with van der Waals surface area (Å²) in [6, 6.07) is 7.49. The molecule has 14 heteroatoms. The van der Waals surface area contributed by atoms with E-state index in [2.05, 4.69) is 9.84 Å². The van der Waals surface area contributed by atoms with Gasteiger partial charge in [-0.3, -0.25) is 14.4 Å². The molecule has 1 amide bonds. The van der Waals surface area contributed by atoms with Crippen molar-refractivity contribution in [2.45, 2.75) is 64.8 Å². The largest absolute Gasteiger partial charge is 0.459 e. The highest BCUT2D eigenvalue weighted by Gasteiger charge is 2.60. The molecule has 0 spiro atoms. The second kappa shape index (κ2) is 11.4. The van der Waals surface area contributed by atoms with Gasteiger partial charge in [0.2, 0.25) is 0 Å². The van der Waals surface area contributed by atoms with Crippen LogP contribution in [0.5, 0.6) is 0 Å². The van der Waals surface area contributed by atoms with E-state index in [1.807, 2.05) is 30.0 Å². The van der Waals surface area contributed by atoms with Crippen LogP contribution in [0.1, 0.15) is 31.9 Å². The van der Waals surface area contributed by atoms with E-state index in [9.17, 15) is 35.9 Å². The van der Waals surface area contributed by atoms with Crippen LogP contribution in [-0.2, 0) is 27.4 Å².